The van der Waals surface area contributed by atoms with Crippen molar-refractivity contribution in [1.29, 1.82) is 0 Å². The van der Waals surface area contributed by atoms with Crippen LogP contribution in [0.1, 0.15) is 26.3 Å². The van der Waals surface area contributed by atoms with Gasteiger partial charge in [-0.3, -0.25) is 4.79 Å². The lowest BCUT2D eigenvalue weighted by Crippen LogP contribution is -2.14. The fraction of sp³-hybridized carbons (Fsp3) is 0.0476. The van der Waals surface area contributed by atoms with Gasteiger partial charge in [0.2, 0.25) is 0 Å². The maximum atomic E-state index is 12.4. The van der Waals surface area contributed by atoms with E-state index in [-0.39, 0.29) is 17.2 Å². The summed E-state index contributed by atoms with van der Waals surface area (Å²) in [7, 11) is 0. The molecule has 0 aliphatic carbocycles. The van der Waals surface area contributed by atoms with Gasteiger partial charge < -0.3 is 15.2 Å². The Bertz CT molecular complexity index is 951. The number of nitrogens with one attached hydrogen (secondary N) is 1. The minimum atomic E-state index is -1.13. The molecule has 0 aliphatic heterocycles. The lowest BCUT2D eigenvalue weighted by Gasteiger charge is -2.12. The molecule has 0 fully saturated rings. The lowest BCUT2D eigenvalue weighted by molar-refractivity contribution is 0.0698. The van der Waals surface area contributed by atoms with Crippen LogP contribution in [-0.4, -0.2) is 17.0 Å². The van der Waals surface area contributed by atoms with Crippen LogP contribution in [0.2, 0.25) is 0 Å². The Hall–Kier alpha value is -3.60. The molecule has 5 nitrogen and oxygen atoms in total. The van der Waals surface area contributed by atoms with Gasteiger partial charge in [-0.25, -0.2) is 4.79 Å². The first-order valence-electron chi connectivity index (χ1n) is 8.01. The van der Waals surface area contributed by atoms with Crippen LogP contribution in [-0.2, 0) is 0 Å². The van der Waals surface area contributed by atoms with Gasteiger partial charge >= 0.3 is 5.97 Å². The number of carbonyl (C=O) groups excluding carboxylic acids is 1. The van der Waals surface area contributed by atoms with Crippen LogP contribution >= 0.6 is 0 Å². The fourth-order valence-electron chi connectivity index (χ4n) is 2.48. The van der Waals surface area contributed by atoms with E-state index < -0.39 is 5.97 Å². The predicted octanol–water partition coefficient (Wildman–Crippen LogP) is 4.74. The highest BCUT2D eigenvalue weighted by molar-refractivity contribution is 6.07. The summed E-state index contributed by atoms with van der Waals surface area (Å²) in [6, 6.07) is 20.6. The van der Waals surface area contributed by atoms with Crippen molar-refractivity contribution in [2.75, 3.05) is 5.32 Å². The molecular weight excluding hydrogens is 330 g/mol. The predicted molar refractivity (Wildman–Crippen MR) is 99.0 cm³/mol. The normalized spacial score (nSPS) is 10.2. The minimum Gasteiger partial charge on any atom is -0.478 e. The number of hydrogen-bond donors (Lipinski definition) is 2. The Balaban J connectivity index is 1.89. The molecular formula is C21H17NO4. The molecule has 130 valence electrons. The van der Waals surface area contributed by atoms with Crippen LogP contribution in [0.5, 0.6) is 11.5 Å². The largest absolute Gasteiger partial charge is 0.478 e. The minimum absolute atomic E-state index is 0.00845. The molecule has 0 heterocycles. The zero-order valence-corrected chi connectivity index (χ0v) is 14.1. The number of aryl methyl sites for hydroxylation is 1. The third kappa shape index (κ3) is 4.08. The van der Waals surface area contributed by atoms with Crippen LogP contribution < -0.4 is 10.1 Å². The standard InChI is InChI=1S/C21H17NO4/c1-14-6-5-9-16(12-14)26-17-10-11-18(21(24)25)19(13-17)22-20(23)15-7-3-2-4-8-15/h2-13H,1H3,(H,22,23)(H,24,25). The van der Waals surface area contributed by atoms with Gasteiger partial charge in [0.05, 0.1) is 11.3 Å². The van der Waals surface area contributed by atoms with E-state index >= 15 is 0 Å². The molecule has 5 heteroatoms. The molecule has 0 saturated heterocycles. The van der Waals surface area contributed by atoms with Crippen LogP contribution in [0.3, 0.4) is 0 Å². The number of carboxylic acids is 1. The van der Waals surface area contributed by atoms with E-state index in [1.807, 2.05) is 25.1 Å². The Labute approximate surface area is 150 Å². The van der Waals surface area contributed by atoms with E-state index in [0.29, 0.717) is 17.1 Å². The molecule has 3 rings (SSSR count). The highest BCUT2D eigenvalue weighted by Crippen LogP contribution is 2.28. The molecule has 0 spiro atoms. The second-order valence-corrected chi connectivity index (χ2v) is 5.75. The molecule has 1 amide bonds. The van der Waals surface area contributed by atoms with Crippen molar-refractivity contribution in [3.63, 3.8) is 0 Å². The maximum absolute atomic E-state index is 12.4. The molecule has 0 radical (unpaired) electrons. The zero-order valence-electron chi connectivity index (χ0n) is 14.1. The molecule has 0 unspecified atom stereocenters. The number of hydrogen-bond acceptors (Lipinski definition) is 3. The van der Waals surface area contributed by atoms with Crippen molar-refractivity contribution < 1.29 is 19.4 Å². The van der Waals surface area contributed by atoms with Gasteiger partial charge in [0.1, 0.15) is 11.5 Å². The first kappa shape index (κ1) is 17.2. The third-order valence-corrected chi connectivity index (χ3v) is 3.73. The Morgan fingerprint density at radius 1 is 0.885 bits per heavy atom. The lowest BCUT2D eigenvalue weighted by atomic mass is 10.1. The monoisotopic (exact) mass is 347 g/mol. The van der Waals surface area contributed by atoms with Gasteiger partial charge in [-0.2, -0.15) is 0 Å². The second kappa shape index (κ2) is 7.53. The van der Waals surface area contributed by atoms with Gasteiger partial charge in [0.15, 0.2) is 0 Å². The summed E-state index contributed by atoms with van der Waals surface area (Å²) in [5, 5.41) is 12.0. The molecule has 0 saturated carbocycles. The molecule has 0 aromatic heterocycles. The number of ether oxygens (including phenoxy) is 1. The first-order chi connectivity index (χ1) is 12.5. The van der Waals surface area contributed by atoms with Crippen LogP contribution in [0.15, 0.2) is 72.8 Å². The van der Waals surface area contributed by atoms with Crippen molar-refractivity contribution in [3.8, 4) is 11.5 Å². The molecule has 0 atom stereocenters. The summed E-state index contributed by atoms with van der Waals surface area (Å²) >= 11 is 0. The topological polar surface area (TPSA) is 75.6 Å². The first-order valence-corrected chi connectivity index (χ1v) is 8.01. The van der Waals surface area contributed by atoms with Crippen molar-refractivity contribution >= 4 is 17.6 Å². The molecule has 0 aliphatic rings. The second-order valence-electron chi connectivity index (χ2n) is 5.75. The summed E-state index contributed by atoms with van der Waals surface area (Å²) < 4.78 is 5.78. The summed E-state index contributed by atoms with van der Waals surface area (Å²) in [4.78, 5) is 23.8. The number of amides is 1. The highest BCUT2D eigenvalue weighted by atomic mass is 16.5. The number of anilines is 1. The summed E-state index contributed by atoms with van der Waals surface area (Å²) in [6.07, 6.45) is 0. The molecule has 0 bridgehead atoms. The summed E-state index contributed by atoms with van der Waals surface area (Å²) in [6.45, 7) is 1.95. The van der Waals surface area contributed by atoms with Crippen LogP contribution in [0.4, 0.5) is 5.69 Å². The quantitative estimate of drug-likeness (QED) is 0.699. The zero-order chi connectivity index (χ0) is 18.5. The van der Waals surface area contributed by atoms with E-state index in [0.717, 1.165) is 5.56 Å². The molecule has 2 N–H and O–H groups in total. The number of carbonyl (C=O) groups is 2. The Morgan fingerprint density at radius 3 is 2.31 bits per heavy atom. The van der Waals surface area contributed by atoms with E-state index in [9.17, 15) is 14.7 Å². The number of benzene rings is 3. The van der Waals surface area contributed by atoms with Crippen molar-refractivity contribution in [2.24, 2.45) is 0 Å². The van der Waals surface area contributed by atoms with E-state index in [1.54, 1.807) is 42.5 Å². The van der Waals surface area contributed by atoms with E-state index in [4.69, 9.17) is 4.74 Å². The SMILES string of the molecule is Cc1cccc(Oc2ccc(C(=O)O)c(NC(=O)c3ccccc3)c2)c1. The fourth-order valence-corrected chi connectivity index (χ4v) is 2.48. The van der Waals surface area contributed by atoms with Gasteiger partial charge in [-0.1, -0.05) is 30.3 Å². The third-order valence-electron chi connectivity index (χ3n) is 3.73. The average Bonchev–Trinajstić information content (AvgIpc) is 2.62. The molecule has 3 aromatic carbocycles. The summed E-state index contributed by atoms with van der Waals surface area (Å²) in [5.41, 5.74) is 1.65. The van der Waals surface area contributed by atoms with Gasteiger partial charge in [-0.15, -0.1) is 0 Å². The smallest absolute Gasteiger partial charge is 0.337 e. The number of carboxylic acid groups (broad SMARTS) is 1. The summed E-state index contributed by atoms with van der Waals surface area (Å²) in [5.74, 6) is -0.450. The molecule has 26 heavy (non-hydrogen) atoms. The maximum Gasteiger partial charge on any atom is 0.337 e. The average molecular weight is 347 g/mol. The van der Waals surface area contributed by atoms with Crippen molar-refractivity contribution in [2.45, 2.75) is 6.92 Å². The van der Waals surface area contributed by atoms with Gasteiger partial charge in [0, 0.05) is 11.6 Å². The van der Waals surface area contributed by atoms with Crippen LogP contribution in [0, 0.1) is 6.92 Å². The van der Waals surface area contributed by atoms with E-state index in [2.05, 4.69) is 5.32 Å². The van der Waals surface area contributed by atoms with Crippen molar-refractivity contribution in [1.82, 2.24) is 0 Å². The van der Waals surface area contributed by atoms with Crippen molar-refractivity contribution in [3.05, 3.63) is 89.5 Å². The Kier molecular flexibility index (Phi) is 4.99. The highest BCUT2D eigenvalue weighted by Gasteiger charge is 2.15. The number of aromatic carboxylic acids is 1. The molecule has 3 aromatic rings. The Morgan fingerprint density at radius 2 is 1.62 bits per heavy atom. The van der Waals surface area contributed by atoms with Gasteiger partial charge in [-0.05, 0) is 48.9 Å². The van der Waals surface area contributed by atoms with Gasteiger partial charge in [0.25, 0.3) is 5.91 Å². The van der Waals surface area contributed by atoms with E-state index in [1.165, 1.54) is 12.1 Å². The van der Waals surface area contributed by atoms with Crippen LogP contribution in [0.25, 0.3) is 0 Å². The number of rotatable bonds is 5.